The standard InChI is InChI=1S/C26H21BO/c1-19-10-9-13-21(20-11-3-2-4-12-20)22(19)18-27-23-14-5-7-16-25(23)28-26-17-8-6-15-24(26)27/h2-17H,18H2,1H3. The van der Waals surface area contributed by atoms with Gasteiger partial charge in [-0.2, -0.15) is 0 Å². The van der Waals surface area contributed by atoms with E-state index < -0.39 is 0 Å². The van der Waals surface area contributed by atoms with Crippen molar-refractivity contribution in [2.75, 3.05) is 0 Å². The van der Waals surface area contributed by atoms with Crippen molar-refractivity contribution < 1.29 is 4.74 Å². The Morgan fingerprint density at radius 3 is 1.93 bits per heavy atom. The van der Waals surface area contributed by atoms with Crippen molar-refractivity contribution in [2.45, 2.75) is 13.2 Å². The molecule has 0 radical (unpaired) electrons. The minimum absolute atomic E-state index is 0.282. The van der Waals surface area contributed by atoms with E-state index in [2.05, 4.69) is 91.9 Å². The predicted molar refractivity (Wildman–Crippen MR) is 118 cm³/mol. The second-order valence-electron chi connectivity index (χ2n) is 7.40. The summed E-state index contributed by atoms with van der Waals surface area (Å²) in [5.41, 5.74) is 7.87. The van der Waals surface area contributed by atoms with Gasteiger partial charge in [-0.15, -0.1) is 0 Å². The zero-order chi connectivity index (χ0) is 18.9. The first-order valence-corrected chi connectivity index (χ1v) is 9.81. The maximum absolute atomic E-state index is 6.19. The molecule has 0 bridgehead atoms. The Bertz CT molecular complexity index is 1090. The first-order valence-electron chi connectivity index (χ1n) is 9.81. The molecule has 0 saturated carbocycles. The number of ether oxygens (including phenoxy) is 1. The minimum atomic E-state index is 0.282. The van der Waals surface area contributed by atoms with Gasteiger partial charge in [-0.25, -0.2) is 0 Å². The second-order valence-corrected chi connectivity index (χ2v) is 7.40. The summed E-state index contributed by atoms with van der Waals surface area (Å²) in [6, 6.07) is 34.2. The third-order valence-electron chi connectivity index (χ3n) is 5.71. The smallest absolute Gasteiger partial charge is 0.223 e. The Morgan fingerprint density at radius 2 is 1.25 bits per heavy atom. The molecule has 1 nitrogen and oxygen atoms in total. The Hall–Kier alpha value is -3.26. The number of benzene rings is 4. The van der Waals surface area contributed by atoms with Gasteiger partial charge in [-0.1, -0.05) is 84.9 Å². The number of hydrogen-bond donors (Lipinski definition) is 0. The van der Waals surface area contributed by atoms with Gasteiger partial charge >= 0.3 is 0 Å². The molecule has 0 N–H and O–H groups in total. The molecule has 0 unspecified atom stereocenters. The summed E-state index contributed by atoms with van der Waals surface area (Å²) >= 11 is 0. The van der Waals surface area contributed by atoms with Gasteiger partial charge in [0.2, 0.25) is 6.71 Å². The molecule has 0 aromatic heterocycles. The van der Waals surface area contributed by atoms with E-state index in [-0.39, 0.29) is 6.71 Å². The first kappa shape index (κ1) is 16.9. The molecule has 1 heterocycles. The molecule has 0 fully saturated rings. The molecule has 5 rings (SSSR count). The van der Waals surface area contributed by atoms with Crippen LogP contribution in [-0.2, 0) is 6.32 Å². The Kier molecular flexibility index (Phi) is 4.25. The first-order chi connectivity index (χ1) is 13.8. The van der Waals surface area contributed by atoms with Crippen molar-refractivity contribution >= 4 is 17.6 Å². The molecule has 1 aliphatic heterocycles. The normalized spacial score (nSPS) is 12.1. The lowest BCUT2D eigenvalue weighted by Gasteiger charge is -2.27. The van der Waals surface area contributed by atoms with E-state index >= 15 is 0 Å². The molecule has 0 spiro atoms. The minimum Gasteiger partial charge on any atom is -0.458 e. The van der Waals surface area contributed by atoms with Gasteiger partial charge in [-0.05, 0) is 58.6 Å². The summed E-state index contributed by atoms with van der Waals surface area (Å²) in [4.78, 5) is 0. The fourth-order valence-corrected chi connectivity index (χ4v) is 4.29. The van der Waals surface area contributed by atoms with E-state index in [1.54, 1.807) is 0 Å². The summed E-state index contributed by atoms with van der Waals surface area (Å²) in [6.07, 6.45) is 0.953. The summed E-state index contributed by atoms with van der Waals surface area (Å²) in [5.74, 6) is 1.95. The van der Waals surface area contributed by atoms with E-state index in [0.717, 1.165) is 17.8 Å². The van der Waals surface area contributed by atoms with Crippen LogP contribution in [0.1, 0.15) is 11.1 Å². The van der Waals surface area contributed by atoms with E-state index in [0.29, 0.717) is 0 Å². The van der Waals surface area contributed by atoms with E-state index in [1.165, 1.54) is 33.2 Å². The zero-order valence-corrected chi connectivity index (χ0v) is 15.9. The molecule has 2 heteroatoms. The van der Waals surface area contributed by atoms with Crippen molar-refractivity contribution in [3.63, 3.8) is 0 Å². The Morgan fingerprint density at radius 1 is 0.643 bits per heavy atom. The zero-order valence-electron chi connectivity index (χ0n) is 15.9. The van der Waals surface area contributed by atoms with Crippen molar-refractivity contribution in [1.82, 2.24) is 0 Å². The fraction of sp³-hybridized carbons (Fsp3) is 0.0769. The van der Waals surface area contributed by atoms with Crippen molar-refractivity contribution in [1.29, 1.82) is 0 Å². The van der Waals surface area contributed by atoms with Crippen LogP contribution in [0.25, 0.3) is 11.1 Å². The lowest BCUT2D eigenvalue weighted by Crippen LogP contribution is -2.48. The maximum atomic E-state index is 6.19. The van der Waals surface area contributed by atoms with Gasteiger partial charge in [0.25, 0.3) is 0 Å². The van der Waals surface area contributed by atoms with E-state index in [1.807, 2.05) is 12.1 Å². The van der Waals surface area contributed by atoms with Crippen LogP contribution in [0.4, 0.5) is 0 Å². The van der Waals surface area contributed by atoms with Crippen LogP contribution in [0.5, 0.6) is 11.5 Å². The topological polar surface area (TPSA) is 9.23 Å². The molecule has 1 aliphatic rings. The average Bonchev–Trinajstić information content (AvgIpc) is 2.75. The van der Waals surface area contributed by atoms with Crippen LogP contribution in [0.2, 0.25) is 0 Å². The molecule has 4 aromatic rings. The largest absolute Gasteiger partial charge is 0.458 e. The number of aryl methyl sites for hydroxylation is 1. The lowest BCUT2D eigenvalue weighted by atomic mass is 9.36. The molecule has 0 atom stereocenters. The van der Waals surface area contributed by atoms with Gasteiger partial charge in [-0.3, -0.25) is 0 Å². The van der Waals surface area contributed by atoms with Crippen LogP contribution in [0, 0.1) is 6.92 Å². The maximum Gasteiger partial charge on any atom is 0.223 e. The quantitative estimate of drug-likeness (QED) is 0.459. The number of rotatable bonds is 3. The molecule has 134 valence electrons. The van der Waals surface area contributed by atoms with Crippen molar-refractivity contribution in [2.24, 2.45) is 0 Å². The highest BCUT2D eigenvalue weighted by atomic mass is 16.5. The van der Waals surface area contributed by atoms with Gasteiger partial charge in [0, 0.05) is 0 Å². The van der Waals surface area contributed by atoms with Crippen LogP contribution in [0.15, 0.2) is 97.1 Å². The van der Waals surface area contributed by atoms with Gasteiger partial charge < -0.3 is 4.74 Å². The number of fused-ring (bicyclic) bond motifs is 2. The summed E-state index contributed by atoms with van der Waals surface area (Å²) < 4.78 is 6.19. The fourth-order valence-electron chi connectivity index (χ4n) is 4.29. The van der Waals surface area contributed by atoms with Crippen LogP contribution < -0.4 is 15.7 Å². The Balaban J connectivity index is 1.65. The number of hydrogen-bond acceptors (Lipinski definition) is 1. The summed E-state index contributed by atoms with van der Waals surface area (Å²) in [5, 5.41) is 0. The third-order valence-corrected chi connectivity index (χ3v) is 5.71. The van der Waals surface area contributed by atoms with Crippen LogP contribution in [-0.4, -0.2) is 6.71 Å². The highest BCUT2D eigenvalue weighted by molar-refractivity contribution is 6.86. The number of para-hydroxylation sites is 2. The summed E-state index contributed by atoms with van der Waals surface area (Å²) in [6.45, 7) is 2.50. The van der Waals surface area contributed by atoms with Crippen LogP contribution >= 0.6 is 0 Å². The molecular formula is C26H21BO. The monoisotopic (exact) mass is 360 g/mol. The molecule has 0 saturated heterocycles. The molecule has 0 amide bonds. The predicted octanol–water partition coefficient (Wildman–Crippen LogP) is 5.16. The van der Waals surface area contributed by atoms with Crippen molar-refractivity contribution in [3.8, 4) is 22.6 Å². The average molecular weight is 360 g/mol. The highest BCUT2D eigenvalue weighted by Gasteiger charge is 2.31. The van der Waals surface area contributed by atoms with E-state index in [9.17, 15) is 0 Å². The summed E-state index contributed by atoms with van der Waals surface area (Å²) in [7, 11) is 0. The molecule has 4 aromatic carbocycles. The Labute approximate surface area is 166 Å². The van der Waals surface area contributed by atoms with Crippen molar-refractivity contribution in [3.05, 3.63) is 108 Å². The lowest BCUT2D eigenvalue weighted by molar-refractivity contribution is 0.487. The third kappa shape index (κ3) is 2.91. The van der Waals surface area contributed by atoms with Gasteiger partial charge in [0.05, 0.1) is 0 Å². The SMILES string of the molecule is Cc1cccc(-c2ccccc2)c1CB1c2ccccc2Oc2ccccc21. The van der Waals surface area contributed by atoms with Gasteiger partial charge in [0.15, 0.2) is 0 Å². The van der Waals surface area contributed by atoms with E-state index in [4.69, 9.17) is 4.74 Å². The molecular weight excluding hydrogens is 339 g/mol. The highest BCUT2D eigenvalue weighted by Crippen LogP contribution is 2.30. The second kappa shape index (κ2) is 7.05. The van der Waals surface area contributed by atoms with Gasteiger partial charge in [0.1, 0.15) is 11.5 Å². The molecule has 0 aliphatic carbocycles. The van der Waals surface area contributed by atoms with Crippen LogP contribution in [0.3, 0.4) is 0 Å². The molecule has 28 heavy (non-hydrogen) atoms.